The fraction of sp³-hybridized carbons (Fsp3) is 0.426. The van der Waals surface area contributed by atoms with Crippen LogP contribution in [0.1, 0.15) is 116 Å². The molecule has 8 heteroatoms. The molecule has 1 aliphatic rings. The van der Waals surface area contributed by atoms with E-state index in [1.807, 2.05) is 12.1 Å². The molecule has 0 saturated carbocycles. The summed E-state index contributed by atoms with van der Waals surface area (Å²) in [7, 11) is 0. The lowest BCUT2D eigenvalue weighted by Gasteiger charge is -2.33. The van der Waals surface area contributed by atoms with Gasteiger partial charge in [-0.15, -0.1) is 0 Å². The van der Waals surface area contributed by atoms with Gasteiger partial charge in [-0.05, 0) is 63.4 Å². The van der Waals surface area contributed by atoms with Gasteiger partial charge in [0.15, 0.2) is 0 Å². The number of ether oxygens (including phenoxy) is 2. The van der Waals surface area contributed by atoms with Crippen LogP contribution in [0.25, 0.3) is 11.3 Å². The van der Waals surface area contributed by atoms with Crippen LogP contribution in [0, 0.1) is 27.7 Å². The summed E-state index contributed by atoms with van der Waals surface area (Å²) in [4.78, 5) is 0. The van der Waals surface area contributed by atoms with E-state index in [9.17, 15) is 15.3 Å². The number of aliphatic hydroxyl groups excluding tert-OH is 1. The number of benzene rings is 4. The first kappa shape index (κ1) is 41.4. The number of para-hydroxylation sites is 1. The molecule has 8 nitrogen and oxygen atoms in total. The summed E-state index contributed by atoms with van der Waals surface area (Å²) in [5.74, 6) is 0.502. The van der Waals surface area contributed by atoms with Gasteiger partial charge in [0.1, 0.15) is 41.4 Å². The van der Waals surface area contributed by atoms with Crippen LogP contribution < -0.4 is 15.3 Å². The summed E-state index contributed by atoms with van der Waals surface area (Å²) in [5.41, 5.74) is 12.8. The lowest BCUT2D eigenvalue weighted by molar-refractivity contribution is 0.0109. The first-order valence-corrected chi connectivity index (χ1v) is 20.2. The normalized spacial score (nSPS) is 13.5. The molecule has 1 unspecified atom stereocenters. The second-order valence-electron chi connectivity index (χ2n) is 15.0. The van der Waals surface area contributed by atoms with Crippen molar-refractivity contribution in [3.05, 3.63) is 118 Å². The van der Waals surface area contributed by atoms with Gasteiger partial charge < -0.3 is 24.8 Å². The number of hydrazine groups is 1. The number of phenolic OH excluding ortho intramolecular Hbond substituents is 2. The van der Waals surface area contributed by atoms with Crippen molar-refractivity contribution >= 4 is 22.7 Å². The zero-order chi connectivity index (χ0) is 39.2. The maximum absolute atomic E-state index is 11.4. The number of unbranched alkanes of at least 4 members (excludes halogenated alkanes) is 10. The Balaban J connectivity index is 1.26. The highest BCUT2D eigenvalue weighted by molar-refractivity contribution is 6.38. The van der Waals surface area contributed by atoms with Gasteiger partial charge >= 0.3 is 0 Å². The fourth-order valence-corrected chi connectivity index (χ4v) is 7.17. The van der Waals surface area contributed by atoms with Gasteiger partial charge in [0.05, 0.1) is 12.3 Å². The van der Waals surface area contributed by atoms with Gasteiger partial charge in [-0.3, -0.25) is 5.43 Å². The van der Waals surface area contributed by atoms with E-state index in [-0.39, 0.29) is 24.7 Å². The molecule has 4 aromatic rings. The number of anilines is 1. The fourth-order valence-electron chi connectivity index (χ4n) is 7.17. The summed E-state index contributed by atoms with van der Waals surface area (Å²) < 4.78 is 11.6. The predicted molar refractivity (Wildman–Crippen MR) is 226 cm³/mol. The van der Waals surface area contributed by atoms with Gasteiger partial charge in [-0.1, -0.05) is 137 Å². The van der Waals surface area contributed by atoms with E-state index >= 15 is 0 Å². The monoisotopic (exact) mass is 747 g/mol. The van der Waals surface area contributed by atoms with Crippen LogP contribution in [0.15, 0.2) is 84.0 Å². The second-order valence-corrected chi connectivity index (χ2v) is 15.0. The molecule has 4 N–H and O–H groups in total. The third-order valence-corrected chi connectivity index (χ3v) is 10.2. The lowest BCUT2D eigenvalue weighted by Crippen LogP contribution is -2.39. The average Bonchev–Trinajstić information content (AvgIpc) is 3.16. The first-order valence-electron chi connectivity index (χ1n) is 20.2. The number of nitrogens with zero attached hydrogens (tertiary/aromatic N) is 2. The minimum absolute atomic E-state index is 0.0392. The Morgan fingerprint density at radius 1 is 0.655 bits per heavy atom. The summed E-state index contributed by atoms with van der Waals surface area (Å²) >= 11 is 0. The van der Waals surface area contributed by atoms with Crippen LogP contribution >= 0.6 is 0 Å². The summed E-state index contributed by atoms with van der Waals surface area (Å²) in [6, 6.07) is 24.8. The lowest BCUT2D eigenvalue weighted by atomic mass is 9.87. The molecule has 1 atom stereocenters. The summed E-state index contributed by atoms with van der Waals surface area (Å²) in [6.45, 7) is 11.4. The van der Waals surface area contributed by atoms with Crippen molar-refractivity contribution in [1.29, 1.82) is 0 Å². The average molecular weight is 748 g/mol. The van der Waals surface area contributed by atoms with Crippen LogP contribution in [-0.4, -0.2) is 47.0 Å². The smallest absolute Gasteiger partial charge is 0.146 e. The molecule has 5 rings (SSSR count). The molecule has 0 radical (unpaired) electrons. The number of aryl methyl sites for hydroxylation is 4. The Hall–Kier alpha value is -4.79. The topological polar surface area (TPSA) is 107 Å². The molecule has 0 bridgehead atoms. The van der Waals surface area contributed by atoms with Crippen molar-refractivity contribution in [2.24, 2.45) is 5.10 Å². The van der Waals surface area contributed by atoms with Crippen molar-refractivity contribution in [3.63, 3.8) is 0 Å². The van der Waals surface area contributed by atoms with Gasteiger partial charge in [0, 0.05) is 34.9 Å². The molecular formula is C47H61N3O5. The van der Waals surface area contributed by atoms with E-state index in [4.69, 9.17) is 14.6 Å². The Kier molecular flexibility index (Phi) is 15.6. The second kappa shape index (κ2) is 20.8. The number of aliphatic hydroxyl groups is 1. The number of nitrogens with one attached hydrogen (secondary N) is 1. The third-order valence-electron chi connectivity index (χ3n) is 10.2. The molecule has 4 aromatic carbocycles. The maximum atomic E-state index is 11.4. The van der Waals surface area contributed by atoms with Crippen molar-refractivity contribution in [2.75, 3.05) is 24.9 Å². The minimum Gasteiger partial charge on any atom is -0.507 e. The largest absolute Gasteiger partial charge is 0.507 e. The number of phenols is 2. The zero-order valence-corrected chi connectivity index (χ0v) is 33.5. The first-order chi connectivity index (χ1) is 26.7. The molecule has 294 valence electrons. The van der Waals surface area contributed by atoms with Crippen LogP contribution in [0.4, 0.5) is 5.69 Å². The SMILES string of the molecule is CCCCCCCCCCCCCOCC(O)COc1ccc(N2N=C(c3ccc(C)cc3C)C(c3ccccc3O)=C(c3ccc(C)cc3C)N2)c(O)c1. The van der Waals surface area contributed by atoms with E-state index in [0.29, 0.717) is 29.3 Å². The van der Waals surface area contributed by atoms with E-state index in [0.717, 1.165) is 57.5 Å². The molecule has 0 fully saturated rings. The third kappa shape index (κ3) is 11.6. The van der Waals surface area contributed by atoms with Crippen LogP contribution in [0.2, 0.25) is 0 Å². The zero-order valence-electron chi connectivity index (χ0n) is 33.5. The molecule has 1 heterocycles. The molecule has 0 aliphatic carbocycles. The quantitative estimate of drug-likeness (QED) is 0.0629. The van der Waals surface area contributed by atoms with Crippen molar-refractivity contribution < 1.29 is 24.8 Å². The van der Waals surface area contributed by atoms with Crippen LogP contribution in [-0.2, 0) is 4.74 Å². The Morgan fingerprint density at radius 2 is 1.27 bits per heavy atom. The number of rotatable bonds is 21. The standard InChI is InChI=1S/C47H61N3O5/c1-6-7-8-9-10-11-12-13-14-15-18-27-54-31-37(51)32-55-38-23-26-42(44(53)30-38)50-48-46(39-24-21-33(2)28-35(39)4)45(41-19-16-17-20-43(41)52)47(49-50)40-25-22-34(3)29-36(40)5/h16-17,19-26,28-30,37,48,51-53H,6-15,18,27,31-32H2,1-5H3. The van der Waals surface area contributed by atoms with Gasteiger partial charge in [0.25, 0.3) is 0 Å². The highest BCUT2D eigenvalue weighted by Gasteiger charge is 2.30. The van der Waals surface area contributed by atoms with Crippen LogP contribution in [0.3, 0.4) is 0 Å². The molecular weight excluding hydrogens is 687 g/mol. The highest BCUT2D eigenvalue weighted by atomic mass is 16.5. The highest BCUT2D eigenvalue weighted by Crippen LogP contribution is 2.40. The number of hydrogen-bond acceptors (Lipinski definition) is 8. The molecule has 55 heavy (non-hydrogen) atoms. The number of hydrazone groups is 1. The van der Waals surface area contributed by atoms with Gasteiger partial charge in [0.2, 0.25) is 0 Å². The molecule has 1 aliphatic heterocycles. The van der Waals surface area contributed by atoms with Crippen molar-refractivity contribution in [1.82, 2.24) is 5.43 Å². The van der Waals surface area contributed by atoms with Crippen molar-refractivity contribution in [3.8, 4) is 17.2 Å². The minimum atomic E-state index is -0.790. The summed E-state index contributed by atoms with van der Waals surface area (Å²) in [5, 5.41) is 39.8. The van der Waals surface area contributed by atoms with E-state index in [1.54, 1.807) is 29.4 Å². The number of allylic oxidation sites excluding steroid dienone is 1. The number of hydrogen-bond donors (Lipinski definition) is 4. The van der Waals surface area contributed by atoms with Crippen molar-refractivity contribution in [2.45, 2.75) is 111 Å². The summed E-state index contributed by atoms with van der Waals surface area (Å²) in [6.07, 6.45) is 13.3. The molecule has 0 spiro atoms. The Morgan fingerprint density at radius 3 is 1.89 bits per heavy atom. The molecule has 0 saturated heterocycles. The molecule has 0 aromatic heterocycles. The van der Waals surface area contributed by atoms with Gasteiger partial charge in [-0.2, -0.15) is 10.2 Å². The Bertz CT molecular complexity index is 1920. The number of aromatic hydroxyl groups is 2. The van der Waals surface area contributed by atoms with Gasteiger partial charge in [-0.25, -0.2) is 0 Å². The van der Waals surface area contributed by atoms with E-state index < -0.39 is 6.10 Å². The van der Waals surface area contributed by atoms with E-state index in [1.165, 1.54) is 63.9 Å². The predicted octanol–water partition coefficient (Wildman–Crippen LogP) is 10.7. The maximum Gasteiger partial charge on any atom is 0.146 e. The Labute approximate surface area is 328 Å². The molecule has 0 amide bonds. The van der Waals surface area contributed by atoms with Crippen LogP contribution in [0.5, 0.6) is 17.2 Å². The van der Waals surface area contributed by atoms with E-state index in [2.05, 4.69) is 76.4 Å².